The number of carbonyl (C=O) groups excluding carboxylic acids is 1. The molecule has 0 bridgehead atoms. The number of hydrogen-bond acceptors (Lipinski definition) is 1. The number of nitrogens with zero attached hydrogens (tertiary/aromatic N) is 2. The Labute approximate surface area is 168 Å². The highest BCUT2D eigenvalue weighted by molar-refractivity contribution is 6.31. The molecule has 1 aliphatic heterocycles. The first-order chi connectivity index (χ1) is 13.6. The van der Waals surface area contributed by atoms with Crippen molar-refractivity contribution in [2.45, 2.75) is 13.0 Å². The van der Waals surface area contributed by atoms with Gasteiger partial charge in [0.05, 0.1) is 6.04 Å². The lowest BCUT2D eigenvalue weighted by Crippen LogP contribution is -2.28. The van der Waals surface area contributed by atoms with Crippen molar-refractivity contribution < 1.29 is 4.79 Å². The fourth-order valence-corrected chi connectivity index (χ4v) is 4.39. The molecule has 138 valence electrons. The Morgan fingerprint density at radius 1 is 0.929 bits per heavy atom. The molecule has 3 aromatic carbocycles. The van der Waals surface area contributed by atoms with E-state index in [2.05, 4.69) is 29.0 Å². The van der Waals surface area contributed by atoms with E-state index in [1.54, 1.807) is 0 Å². The molecule has 0 radical (unpaired) electrons. The van der Waals surface area contributed by atoms with Gasteiger partial charge < -0.3 is 4.57 Å². The van der Waals surface area contributed by atoms with Crippen molar-refractivity contribution in [1.29, 1.82) is 0 Å². The van der Waals surface area contributed by atoms with E-state index in [0.717, 1.165) is 38.8 Å². The van der Waals surface area contributed by atoms with E-state index in [1.807, 2.05) is 67.4 Å². The van der Waals surface area contributed by atoms with Crippen LogP contribution in [0, 0.1) is 6.92 Å². The Morgan fingerprint density at radius 3 is 2.50 bits per heavy atom. The quantitative estimate of drug-likeness (QED) is 0.421. The van der Waals surface area contributed by atoms with E-state index in [-0.39, 0.29) is 11.9 Å². The van der Waals surface area contributed by atoms with Crippen molar-refractivity contribution in [3.05, 3.63) is 100 Å². The molecule has 1 atom stereocenters. The van der Waals surface area contributed by atoms with Crippen LogP contribution >= 0.6 is 11.6 Å². The van der Waals surface area contributed by atoms with E-state index >= 15 is 0 Å². The highest BCUT2D eigenvalue weighted by atomic mass is 35.5. The summed E-state index contributed by atoms with van der Waals surface area (Å²) >= 11 is 6.40. The predicted octanol–water partition coefficient (Wildman–Crippen LogP) is 5.89. The first-order valence-corrected chi connectivity index (χ1v) is 9.66. The first kappa shape index (κ1) is 17.1. The minimum Gasteiger partial charge on any atom is -0.350 e. The fourth-order valence-electron chi connectivity index (χ4n) is 4.21. The average Bonchev–Trinajstić information content (AvgIpc) is 3.19. The molecule has 0 fully saturated rings. The Bertz CT molecular complexity index is 1240. The Hall–Kier alpha value is -3.04. The van der Waals surface area contributed by atoms with Crippen molar-refractivity contribution in [2.75, 3.05) is 4.90 Å². The number of aryl methyl sites for hydroxylation is 2. The zero-order valence-corrected chi connectivity index (χ0v) is 16.4. The molecule has 0 saturated carbocycles. The van der Waals surface area contributed by atoms with E-state index < -0.39 is 0 Å². The third-order valence-corrected chi connectivity index (χ3v) is 6.03. The van der Waals surface area contributed by atoms with E-state index in [9.17, 15) is 4.79 Å². The smallest absolute Gasteiger partial charge is 0.259 e. The van der Waals surface area contributed by atoms with Crippen LogP contribution < -0.4 is 4.90 Å². The predicted molar refractivity (Wildman–Crippen MR) is 114 cm³/mol. The summed E-state index contributed by atoms with van der Waals surface area (Å²) < 4.78 is 2.12. The van der Waals surface area contributed by atoms with Gasteiger partial charge >= 0.3 is 0 Å². The van der Waals surface area contributed by atoms with Gasteiger partial charge in [-0.15, -0.1) is 0 Å². The monoisotopic (exact) mass is 386 g/mol. The molecule has 4 aromatic rings. The molecule has 3 nitrogen and oxygen atoms in total. The molecule has 5 rings (SSSR count). The number of rotatable bonds is 2. The Kier molecular flexibility index (Phi) is 3.81. The summed E-state index contributed by atoms with van der Waals surface area (Å²) in [4.78, 5) is 15.3. The molecule has 0 saturated heterocycles. The van der Waals surface area contributed by atoms with Gasteiger partial charge in [-0.1, -0.05) is 54.1 Å². The van der Waals surface area contributed by atoms with Crippen molar-refractivity contribution in [2.24, 2.45) is 7.05 Å². The largest absolute Gasteiger partial charge is 0.350 e. The molecule has 0 spiro atoms. The number of halogens is 1. The summed E-state index contributed by atoms with van der Waals surface area (Å²) in [6, 6.07) is 21.8. The van der Waals surface area contributed by atoms with Crippen LogP contribution in [0.5, 0.6) is 0 Å². The lowest BCUT2D eigenvalue weighted by molar-refractivity contribution is 0.0993. The van der Waals surface area contributed by atoms with Crippen LogP contribution in [-0.2, 0) is 7.05 Å². The number of fused-ring (bicyclic) bond motifs is 2. The van der Waals surface area contributed by atoms with Crippen LogP contribution in [0.3, 0.4) is 0 Å². The van der Waals surface area contributed by atoms with Gasteiger partial charge in [0.1, 0.15) is 0 Å². The molecular formula is C24H19ClN2O. The van der Waals surface area contributed by atoms with Crippen molar-refractivity contribution in [1.82, 2.24) is 4.57 Å². The standard InChI is InChI=1S/C24H19ClN2O/c1-15-11-12-16(13-21(15)25)27-23(18-8-3-4-9-19(18)24(27)28)20-14-26(2)22-10-6-5-7-17(20)22/h3-14,23H,1-2H3. The van der Waals surface area contributed by atoms with Crippen LogP contribution in [-0.4, -0.2) is 10.5 Å². The topological polar surface area (TPSA) is 25.2 Å². The molecule has 1 amide bonds. The molecule has 2 heterocycles. The minimum absolute atomic E-state index is 0.00783. The maximum atomic E-state index is 13.4. The Balaban J connectivity index is 1.78. The van der Waals surface area contributed by atoms with Gasteiger partial charge in [-0.25, -0.2) is 0 Å². The molecule has 28 heavy (non-hydrogen) atoms. The maximum absolute atomic E-state index is 13.4. The zero-order chi connectivity index (χ0) is 19.4. The number of carbonyl (C=O) groups is 1. The van der Waals surface area contributed by atoms with Crippen LogP contribution in [0.4, 0.5) is 5.69 Å². The van der Waals surface area contributed by atoms with Gasteiger partial charge in [-0.3, -0.25) is 9.69 Å². The number of anilines is 1. The molecule has 1 unspecified atom stereocenters. The summed E-state index contributed by atoms with van der Waals surface area (Å²) in [5.74, 6) is 0.00783. The second kappa shape index (κ2) is 6.25. The second-order valence-electron chi connectivity index (χ2n) is 7.31. The van der Waals surface area contributed by atoms with E-state index in [4.69, 9.17) is 11.6 Å². The summed E-state index contributed by atoms with van der Waals surface area (Å²) in [5, 5.41) is 1.82. The molecular weight excluding hydrogens is 368 g/mol. The van der Waals surface area contributed by atoms with Gasteiger partial charge in [0.25, 0.3) is 5.91 Å². The highest BCUT2D eigenvalue weighted by Gasteiger charge is 2.39. The van der Waals surface area contributed by atoms with Gasteiger partial charge in [-0.2, -0.15) is 0 Å². The fraction of sp³-hybridized carbons (Fsp3) is 0.125. The normalized spacial score (nSPS) is 16.0. The molecule has 0 aliphatic carbocycles. The minimum atomic E-state index is -0.187. The van der Waals surface area contributed by atoms with Crippen LogP contribution in [0.1, 0.15) is 33.1 Å². The summed E-state index contributed by atoms with van der Waals surface area (Å²) in [6.07, 6.45) is 2.13. The van der Waals surface area contributed by atoms with Gasteiger partial charge in [0.2, 0.25) is 0 Å². The van der Waals surface area contributed by atoms with Crippen molar-refractivity contribution >= 4 is 34.1 Å². The number of aromatic nitrogens is 1. The molecule has 1 aromatic heterocycles. The van der Waals surface area contributed by atoms with Crippen LogP contribution in [0.25, 0.3) is 10.9 Å². The Morgan fingerprint density at radius 2 is 1.68 bits per heavy atom. The SMILES string of the molecule is Cc1ccc(N2C(=O)c3ccccc3C2c2cn(C)c3ccccc23)cc1Cl. The zero-order valence-electron chi connectivity index (χ0n) is 15.7. The second-order valence-corrected chi connectivity index (χ2v) is 7.72. The van der Waals surface area contributed by atoms with Crippen LogP contribution in [0.2, 0.25) is 5.02 Å². The summed E-state index contributed by atoms with van der Waals surface area (Å²) in [5.41, 5.74) is 5.85. The van der Waals surface area contributed by atoms with Crippen LogP contribution in [0.15, 0.2) is 72.9 Å². The number of benzene rings is 3. The lowest BCUT2D eigenvalue weighted by Gasteiger charge is -2.26. The number of hydrogen-bond donors (Lipinski definition) is 0. The average molecular weight is 387 g/mol. The van der Waals surface area contributed by atoms with Gasteiger partial charge in [0.15, 0.2) is 0 Å². The third-order valence-electron chi connectivity index (χ3n) is 5.62. The van der Waals surface area contributed by atoms with Crippen molar-refractivity contribution in [3.8, 4) is 0 Å². The van der Waals surface area contributed by atoms with Gasteiger partial charge in [-0.05, 0) is 42.3 Å². The number of para-hydroxylation sites is 1. The first-order valence-electron chi connectivity index (χ1n) is 9.29. The lowest BCUT2D eigenvalue weighted by atomic mass is 9.97. The molecule has 0 N–H and O–H groups in total. The maximum Gasteiger partial charge on any atom is 0.259 e. The third kappa shape index (κ3) is 2.40. The molecule has 4 heteroatoms. The summed E-state index contributed by atoms with van der Waals surface area (Å²) in [6.45, 7) is 1.97. The van der Waals surface area contributed by atoms with E-state index in [1.165, 1.54) is 0 Å². The van der Waals surface area contributed by atoms with E-state index in [0.29, 0.717) is 5.02 Å². The highest BCUT2D eigenvalue weighted by Crippen LogP contribution is 2.44. The number of amides is 1. The molecule has 1 aliphatic rings. The van der Waals surface area contributed by atoms with Crippen molar-refractivity contribution in [3.63, 3.8) is 0 Å². The van der Waals surface area contributed by atoms with Gasteiger partial charge in [0, 0.05) is 46.0 Å². The summed E-state index contributed by atoms with van der Waals surface area (Å²) in [7, 11) is 2.04.